The lowest BCUT2D eigenvalue weighted by molar-refractivity contribution is -0.134. The second kappa shape index (κ2) is 7.51. The second-order valence-corrected chi connectivity index (χ2v) is 8.33. The van der Waals surface area contributed by atoms with Crippen LogP contribution in [0.3, 0.4) is 0 Å². The van der Waals surface area contributed by atoms with Gasteiger partial charge in [0.25, 0.3) is 0 Å². The Morgan fingerprint density at radius 1 is 0.966 bits per heavy atom. The zero-order valence-electron chi connectivity index (χ0n) is 16.8. The maximum absolute atomic E-state index is 12.2. The minimum Gasteiger partial charge on any atom is -0.490 e. The highest BCUT2D eigenvalue weighted by molar-refractivity contribution is 5.88. The van der Waals surface area contributed by atoms with Gasteiger partial charge in [0.15, 0.2) is 0 Å². The number of benzene rings is 2. The van der Waals surface area contributed by atoms with Gasteiger partial charge >= 0.3 is 0 Å². The zero-order chi connectivity index (χ0) is 19.8. The van der Waals surface area contributed by atoms with Crippen molar-refractivity contribution in [2.75, 3.05) is 13.1 Å². The molecule has 4 nitrogen and oxygen atoms in total. The van der Waals surface area contributed by atoms with Gasteiger partial charge in [-0.25, -0.2) is 0 Å². The number of likely N-dealkylation sites (tertiary alicyclic amines) is 1. The number of fused-ring (bicyclic) bond motifs is 1. The van der Waals surface area contributed by atoms with Crippen LogP contribution >= 0.6 is 0 Å². The van der Waals surface area contributed by atoms with E-state index in [0.717, 1.165) is 49.9 Å². The average Bonchev–Trinajstić information content (AvgIpc) is 3.60. The molecular formula is C25H26N2O2. The minimum atomic E-state index is 0.193. The molecule has 5 rings (SSSR count). The number of carbonyl (C=O) groups excluding carboxylic acids is 1. The standard InChI is InChI=1S/C25H26N2O2/c1-17-15-26-16-21-14-20(6-9-24(17)21)18-4-7-22(8-5-18)29-23-10-12-27(13-11-23)25(28)19-2-3-19/h4-9,14-16,19,23H,2-3,10-13H2,1H3. The average molecular weight is 386 g/mol. The topological polar surface area (TPSA) is 42.4 Å². The van der Waals surface area contributed by atoms with Crippen LogP contribution in [-0.2, 0) is 4.79 Å². The van der Waals surface area contributed by atoms with Crippen LogP contribution in [0.25, 0.3) is 21.9 Å². The largest absolute Gasteiger partial charge is 0.490 e. The van der Waals surface area contributed by atoms with E-state index in [4.69, 9.17) is 4.74 Å². The van der Waals surface area contributed by atoms with E-state index in [1.807, 2.05) is 17.3 Å². The van der Waals surface area contributed by atoms with Crippen molar-refractivity contribution in [3.8, 4) is 16.9 Å². The Bertz CT molecular complexity index is 1030. The van der Waals surface area contributed by atoms with E-state index in [9.17, 15) is 4.79 Å². The van der Waals surface area contributed by atoms with E-state index in [1.54, 1.807) is 0 Å². The van der Waals surface area contributed by atoms with Gasteiger partial charge in [0.05, 0.1) is 0 Å². The van der Waals surface area contributed by atoms with Crippen molar-refractivity contribution < 1.29 is 9.53 Å². The van der Waals surface area contributed by atoms with E-state index in [1.165, 1.54) is 22.1 Å². The lowest BCUT2D eigenvalue weighted by Crippen LogP contribution is -2.42. The number of pyridine rings is 1. The molecule has 0 atom stereocenters. The molecule has 2 fully saturated rings. The second-order valence-electron chi connectivity index (χ2n) is 8.33. The normalized spacial score (nSPS) is 17.5. The highest BCUT2D eigenvalue weighted by Gasteiger charge is 2.35. The molecule has 3 aromatic rings. The quantitative estimate of drug-likeness (QED) is 0.634. The Morgan fingerprint density at radius 3 is 2.41 bits per heavy atom. The van der Waals surface area contributed by atoms with Crippen molar-refractivity contribution in [1.82, 2.24) is 9.88 Å². The molecule has 0 bridgehead atoms. The van der Waals surface area contributed by atoms with Crippen molar-refractivity contribution >= 4 is 16.7 Å². The number of amides is 1. The van der Waals surface area contributed by atoms with Crippen LogP contribution in [0.4, 0.5) is 0 Å². The number of aromatic nitrogens is 1. The van der Waals surface area contributed by atoms with Crippen LogP contribution in [0.2, 0.25) is 0 Å². The van der Waals surface area contributed by atoms with Crippen LogP contribution in [0.1, 0.15) is 31.2 Å². The van der Waals surface area contributed by atoms with Crippen LogP contribution in [0.5, 0.6) is 5.75 Å². The number of aryl methyl sites for hydroxylation is 1. The van der Waals surface area contributed by atoms with Crippen molar-refractivity contribution in [3.05, 3.63) is 60.4 Å². The summed E-state index contributed by atoms with van der Waals surface area (Å²) in [6.45, 7) is 3.73. The number of ether oxygens (including phenoxy) is 1. The van der Waals surface area contributed by atoms with Gasteiger partial charge in [0.2, 0.25) is 5.91 Å². The number of carbonyl (C=O) groups is 1. The van der Waals surface area contributed by atoms with Gasteiger partial charge in [-0.05, 0) is 60.0 Å². The van der Waals surface area contributed by atoms with Gasteiger partial charge in [-0.3, -0.25) is 9.78 Å². The summed E-state index contributed by atoms with van der Waals surface area (Å²) in [5.41, 5.74) is 3.55. The maximum atomic E-state index is 12.2. The number of rotatable bonds is 4. The van der Waals surface area contributed by atoms with Gasteiger partial charge in [-0.15, -0.1) is 0 Å². The number of hydrogen-bond acceptors (Lipinski definition) is 3. The number of hydrogen-bond donors (Lipinski definition) is 0. The van der Waals surface area contributed by atoms with Crippen molar-refractivity contribution in [1.29, 1.82) is 0 Å². The van der Waals surface area contributed by atoms with Crippen LogP contribution in [0.15, 0.2) is 54.9 Å². The van der Waals surface area contributed by atoms with Crippen LogP contribution in [0, 0.1) is 12.8 Å². The van der Waals surface area contributed by atoms with Crippen LogP contribution in [-0.4, -0.2) is 35.0 Å². The van der Waals surface area contributed by atoms with Gasteiger partial charge in [-0.2, -0.15) is 0 Å². The molecule has 29 heavy (non-hydrogen) atoms. The summed E-state index contributed by atoms with van der Waals surface area (Å²) < 4.78 is 6.19. The molecular weight excluding hydrogens is 360 g/mol. The van der Waals surface area contributed by atoms with Gasteiger partial charge < -0.3 is 9.64 Å². The fraction of sp³-hybridized carbons (Fsp3) is 0.360. The van der Waals surface area contributed by atoms with E-state index >= 15 is 0 Å². The molecule has 2 aliphatic rings. The molecule has 1 amide bonds. The van der Waals surface area contributed by atoms with Crippen molar-refractivity contribution in [2.24, 2.45) is 5.92 Å². The highest BCUT2D eigenvalue weighted by Crippen LogP contribution is 2.32. The Labute approximate surface area is 171 Å². The molecule has 2 aromatic carbocycles. The predicted octanol–water partition coefficient (Wildman–Crippen LogP) is 4.99. The first kappa shape index (κ1) is 18.2. The Morgan fingerprint density at radius 2 is 1.69 bits per heavy atom. The van der Waals surface area contributed by atoms with E-state index < -0.39 is 0 Å². The molecule has 0 N–H and O–H groups in total. The fourth-order valence-electron chi connectivity index (χ4n) is 4.21. The summed E-state index contributed by atoms with van der Waals surface area (Å²) in [5.74, 6) is 1.57. The smallest absolute Gasteiger partial charge is 0.225 e. The van der Waals surface area contributed by atoms with E-state index in [0.29, 0.717) is 11.8 Å². The third-order valence-electron chi connectivity index (χ3n) is 6.13. The summed E-state index contributed by atoms with van der Waals surface area (Å²) in [7, 11) is 0. The Balaban J connectivity index is 1.23. The molecule has 1 aromatic heterocycles. The molecule has 2 heterocycles. The molecule has 1 saturated carbocycles. The van der Waals surface area contributed by atoms with E-state index in [2.05, 4.69) is 54.4 Å². The zero-order valence-corrected chi connectivity index (χ0v) is 16.8. The molecule has 0 spiro atoms. The Hall–Kier alpha value is -2.88. The summed E-state index contributed by atoms with van der Waals surface area (Å²) in [5, 5.41) is 2.41. The first-order valence-electron chi connectivity index (χ1n) is 10.6. The summed E-state index contributed by atoms with van der Waals surface area (Å²) in [4.78, 5) is 18.5. The van der Waals surface area contributed by atoms with Crippen LogP contribution < -0.4 is 4.74 Å². The maximum Gasteiger partial charge on any atom is 0.225 e. The molecule has 0 unspecified atom stereocenters. The third-order valence-corrected chi connectivity index (χ3v) is 6.13. The monoisotopic (exact) mass is 386 g/mol. The number of piperidine rings is 1. The lowest BCUT2D eigenvalue weighted by atomic mass is 10.0. The minimum absolute atomic E-state index is 0.193. The number of nitrogens with zero attached hydrogens (tertiary/aromatic N) is 2. The molecule has 1 aliphatic heterocycles. The Kier molecular flexibility index (Phi) is 4.70. The van der Waals surface area contributed by atoms with Crippen molar-refractivity contribution in [2.45, 2.75) is 38.7 Å². The summed E-state index contributed by atoms with van der Waals surface area (Å²) >= 11 is 0. The first-order valence-corrected chi connectivity index (χ1v) is 10.6. The molecule has 1 aliphatic carbocycles. The van der Waals surface area contributed by atoms with Gasteiger partial charge in [0, 0.05) is 49.6 Å². The van der Waals surface area contributed by atoms with Crippen molar-refractivity contribution in [3.63, 3.8) is 0 Å². The SMILES string of the molecule is Cc1cncc2cc(-c3ccc(OC4CCN(C(=O)C5CC5)CC4)cc3)ccc12. The summed E-state index contributed by atoms with van der Waals surface area (Å²) in [6, 6.07) is 14.9. The highest BCUT2D eigenvalue weighted by atomic mass is 16.5. The molecule has 1 saturated heterocycles. The summed E-state index contributed by atoms with van der Waals surface area (Å²) in [6.07, 6.45) is 8.00. The first-order chi connectivity index (χ1) is 14.2. The molecule has 4 heteroatoms. The predicted molar refractivity (Wildman–Crippen MR) is 115 cm³/mol. The van der Waals surface area contributed by atoms with Gasteiger partial charge in [0.1, 0.15) is 11.9 Å². The van der Waals surface area contributed by atoms with Gasteiger partial charge in [-0.1, -0.05) is 24.3 Å². The lowest BCUT2D eigenvalue weighted by Gasteiger charge is -2.32. The fourth-order valence-corrected chi connectivity index (χ4v) is 4.21. The molecule has 148 valence electrons. The third kappa shape index (κ3) is 3.84. The molecule has 0 radical (unpaired) electrons. The van der Waals surface area contributed by atoms with E-state index in [-0.39, 0.29) is 6.10 Å².